The Morgan fingerprint density at radius 2 is 1.74 bits per heavy atom. The van der Waals surface area contributed by atoms with Crippen LogP contribution in [0.5, 0.6) is 0 Å². The van der Waals surface area contributed by atoms with Gasteiger partial charge < -0.3 is 15.5 Å². The largest absolute Gasteiger partial charge is 0.353 e. The minimum atomic E-state index is -0.105. The van der Waals surface area contributed by atoms with Crippen molar-refractivity contribution in [2.24, 2.45) is 5.92 Å². The lowest BCUT2D eigenvalue weighted by Gasteiger charge is -2.32. The minimum absolute atomic E-state index is 0.0719. The van der Waals surface area contributed by atoms with Gasteiger partial charge >= 0.3 is 0 Å². The highest BCUT2D eigenvalue weighted by Gasteiger charge is 2.20. The maximum absolute atomic E-state index is 12.6. The average molecular weight is 607 g/mol. The molecule has 1 fully saturated rings. The van der Waals surface area contributed by atoms with Crippen molar-refractivity contribution in [3.63, 3.8) is 0 Å². The summed E-state index contributed by atoms with van der Waals surface area (Å²) >= 11 is 19.8. The molecule has 2 aromatic carbocycles. The first kappa shape index (κ1) is 29.9. The lowest BCUT2D eigenvalue weighted by molar-refractivity contribution is -0.116. The summed E-state index contributed by atoms with van der Waals surface area (Å²) in [6, 6.07) is 13.1. The molecule has 2 N–H and O–H groups in total. The van der Waals surface area contributed by atoms with E-state index in [4.69, 9.17) is 34.8 Å². The summed E-state index contributed by atoms with van der Waals surface area (Å²) in [4.78, 5) is 27.8. The Hall–Kier alpha value is -2.09. The number of nitrogens with one attached hydrogen (secondary N) is 2. The van der Waals surface area contributed by atoms with Crippen LogP contribution in [0.25, 0.3) is 16.2 Å². The number of thiophene rings is 1. The normalized spacial score (nSPS) is 14.7. The number of unbranched alkanes of at least 4 members (excludes halogenated alkanes) is 2. The van der Waals surface area contributed by atoms with Gasteiger partial charge in [0.05, 0.1) is 15.1 Å². The van der Waals surface area contributed by atoms with Gasteiger partial charge in [0.25, 0.3) is 5.91 Å². The fourth-order valence-electron chi connectivity index (χ4n) is 4.82. The molecule has 0 aliphatic carbocycles. The van der Waals surface area contributed by atoms with Crippen molar-refractivity contribution in [3.05, 3.63) is 74.0 Å². The lowest BCUT2D eigenvalue weighted by Crippen LogP contribution is -2.35. The quantitative estimate of drug-likeness (QED) is 0.164. The predicted molar refractivity (Wildman–Crippen MR) is 165 cm³/mol. The van der Waals surface area contributed by atoms with Gasteiger partial charge in [-0.15, -0.1) is 11.3 Å². The summed E-state index contributed by atoms with van der Waals surface area (Å²) in [5.41, 5.74) is 0.838. The molecule has 2 heterocycles. The van der Waals surface area contributed by atoms with Crippen LogP contribution in [-0.4, -0.2) is 49.4 Å². The smallest absolute Gasteiger partial charge is 0.262 e. The second-order valence-corrected chi connectivity index (χ2v) is 12.2. The number of carbonyl (C=O) groups excluding carboxylic acids is 2. The van der Waals surface area contributed by atoms with Gasteiger partial charge in [0.15, 0.2) is 0 Å². The summed E-state index contributed by atoms with van der Waals surface area (Å²) in [6.45, 7) is 4.67. The van der Waals surface area contributed by atoms with Crippen LogP contribution in [0.3, 0.4) is 0 Å². The highest BCUT2D eigenvalue weighted by Crippen LogP contribution is 2.35. The number of amides is 2. The van der Waals surface area contributed by atoms with Crippen LogP contribution in [0, 0.1) is 5.92 Å². The van der Waals surface area contributed by atoms with Crippen molar-refractivity contribution < 1.29 is 9.59 Å². The van der Waals surface area contributed by atoms with Crippen molar-refractivity contribution in [1.29, 1.82) is 0 Å². The van der Waals surface area contributed by atoms with Crippen molar-refractivity contribution in [2.75, 3.05) is 32.7 Å². The summed E-state index contributed by atoms with van der Waals surface area (Å²) in [5.74, 6) is 0.468. The zero-order valence-electron chi connectivity index (χ0n) is 21.9. The molecular formula is C30H34Cl3N3O2S. The van der Waals surface area contributed by atoms with Crippen LogP contribution in [-0.2, 0) is 4.79 Å². The van der Waals surface area contributed by atoms with Gasteiger partial charge in [0.2, 0.25) is 5.91 Å². The summed E-state index contributed by atoms with van der Waals surface area (Å²) in [6.07, 6.45) is 9.77. The highest BCUT2D eigenvalue weighted by atomic mass is 35.5. The van der Waals surface area contributed by atoms with E-state index in [-0.39, 0.29) is 11.8 Å². The van der Waals surface area contributed by atoms with Crippen LogP contribution >= 0.6 is 46.1 Å². The van der Waals surface area contributed by atoms with Crippen LogP contribution in [0.15, 0.2) is 48.5 Å². The fourth-order valence-corrected chi connectivity index (χ4v) is 6.56. The van der Waals surface area contributed by atoms with Gasteiger partial charge in [0.1, 0.15) is 4.88 Å². The van der Waals surface area contributed by atoms with Gasteiger partial charge in [-0.3, -0.25) is 9.59 Å². The number of carbonyl (C=O) groups is 2. The second kappa shape index (κ2) is 15.1. The van der Waals surface area contributed by atoms with Crippen molar-refractivity contribution in [1.82, 2.24) is 15.5 Å². The van der Waals surface area contributed by atoms with Crippen LogP contribution in [0.4, 0.5) is 0 Å². The van der Waals surface area contributed by atoms with Gasteiger partial charge in [-0.1, -0.05) is 65.5 Å². The third kappa shape index (κ3) is 8.95. The fraction of sp³-hybridized carbons (Fsp3) is 0.400. The first-order valence-corrected chi connectivity index (χ1v) is 15.4. The Labute approximate surface area is 249 Å². The Balaban J connectivity index is 1.03. The number of benzene rings is 2. The number of hydrogen-bond donors (Lipinski definition) is 2. The molecule has 39 heavy (non-hydrogen) atoms. The van der Waals surface area contributed by atoms with Crippen molar-refractivity contribution in [2.45, 2.75) is 38.5 Å². The summed E-state index contributed by atoms with van der Waals surface area (Å²) in [5, 5.41) is 8.48. The van der Waals surface area contributed by atoms with Gasteiger partial charge in [0, 0.05) is 29.3 Å². The molecule has 1 saturated heterocycles. The van der Waals surface area contributed by atoms with E-state index in [1.807, 2.05) is 30.3 Å². The number of hydrogen-bond acceptors (Lipinski definition) is 4. The third-order valence-corrected chi connectivity index (χ3v) is 9.52. The summed E-state index contributed by atoms with van der Waals surface area (Å²) < 4.78 is 1.04. The number of halogens is 3. The van der Waals surface area contributed by atoms with Gasteiger partial charge in [-0.05, 0) is 87.5 Å². The molecule has 0 unspecified atom stereocenters. The molecule has 1 aliphatic heterocycles. The molecule has 0 spiro atoms. The Kier molecular flexibility index (Phi) is 11.5. The van der Waals surface area contributed by atoms with E-state index in [1.54, 1.807) is 18.2 Å². The van der Waals surface area contributed by atoms with Gasteiger partial charge in [-0.25, -0.2) is 0 Å². The molecule has 4 rings (SSSR count). The molecule has 2 amide bonds. The molecular weight excluding hydrogens is 573 g/mol. The molecule has 5 nitrogen and oxygen atoms in total. The van der Waals surface area contributed by atoms with E-state index in [0.717, 1.165) is 61.0 Å². The maximum atomic E-state index is 12.6. The molecule has 0 saturated carbocycles. The zero-order valence-corrected chi connectivity index (χ0v) is 24.9. The third-order valence-electron chi connectivity index (χ3n) is 7.11. The van der Waals surface area contributed by atoms with E-state index in [0.29, 0.717) is 39.0 Å². The highest BCUT2D eigenvalue weighted by molar-refractivity contribution is 7.21. The Bertz CT molecular complexity index is 1300. The zero-order chi connectivity index (χ0) is 27.6. The molecule has 9 heteroatoms. The minimum Gasteiger partial charge on any atom is -0.353 e. The average Bonchev–Trinajstić information content (AvgIpc) is 3.28. The van der Waals surface area contributed by atoms with Crippen LogP contribution < -0.4 is 10.6 Å². The number of fused-ring (bicyclic) bond motifs is 1. The van der Waals surface area contributed by atoms with Crippen LogP contribution in [0.1, 0.15) is 53.8 Å². The molecule has 3 aromatic rings. The van der Waals surface area contributed by atoms with E-state index in [9.17, 15) is 9.59 Å². The second-order valence-electron chi connectivity index (χ2n) is 9.93. The molecule has 0 bridgehead atoms. The SMILES string of the molecule is O=C(/C=C/c1ccc(Cl)c(Cl)c1)NCCCCCN1CCC(CCNC(=O)c2sc3ccccc3c2Cl)CC1. The number of piperidine rings is 1. The maximum Gasteiger partial charge on any atom is 0.262 e. The monoisotopic (exact) mass is 605 g/mol. The first-order valence-electron chi connectivity index (χ1n) is 13.5. The van der Waals surface area contributed by atoms with E-state index >= 15 is 0 Å². The van der Waals surface area contributed by atoms with Crippen molar-refractivity contribution in [3.8, 4) is 0 Å². The van der Waals surface area contributed by atoms with E-state index in [1.165, 1.54) is 30.3 Å². The van der Waals surface area contributed by atoms with Crippen molar-refractivity contribution >= 4 is 74.1 Å². The standard InChI is InChI=1S/C30H34Cl3N3O2S/c31-24-10-8-22(20-25(24)32)9-11-27(37)34-15-4-1-5-17-36-18-13-21(14-19-36)12-16-35-30(38)29-28(33)23-6-2-3-7-26(23)39-29/h2-3,6-11,20-21H,1,4-5,12-19H2,(H,34,37)(H,35,38)/b11-9+. The molecule has 0 atom stereocenters. The van der Waals surface area contributed by atoms with E-state index in [2.05, 4.69) is 15.5 Å². The van der Waals surface area contributed by atoms with Gasteiger partial charge in [-0.2, -0.15) is 0 Å². The number of likely N-dealkylation sites (tertiary alicyclic amines) is 1. The predicted octanol–water partition coefficient (Wildman–Crippen LogP) is 7.69. The molecule has 1 aromatic heterocycles. The number of nitrogens with zero attached hydrogens (tertiary/aromatic N) is 1. The Morgan fingerprint density at radius 3 is 2.51 bits per heavy atom. The number of rotatable bonds is 12. The lowest BCUT2D eigenvalue weighted by atomic mass is 9.93. The Morgan fingerprint density at radius 1 is 0.949 bits per heavy atom. The van der Waals surface area contributed by atoms with E-state index < -0.39 is 0 Å². The molecule has 208 valence electrons. The first-order chi connectivity index (χ1) is 18.9. The molecule has 1 aliphatic rings. The topological polar surface area (TPSA) is 61.4 Å². The van der Waals surface area contributed by atoms with Crippen LogP contribution in [0.2, 0.25) is 15.1 Å². The summed E-state index contributed by atoms with van der Waals surface area (Å²) in [7, 11) is 0. The molecule has 0 radical (unpaired) electrons.